The summed E-state index contributed by atoms with van der Waals surface area (Å²) in [5.74, 6) is 1.42. The average Bonchev–Trinajstić information content (AvgIpc) is 2.65. The van der Waals surface area contributed by atoms with E-state index in [4.69, 9.17) is 4.98 Å². The normalized spacial score (nSPS) is 24.6. The first kappa shape index (κ1) is 10.7. The zero-order valence-electron chi connectivity index (χ0n) is 9.78. The van der Waals surface area contributed by atoms with Crippen LogP contribution >= 0.6 is 11.3 Å². The molecule has 0 amide bonds. The number of hydrogen-bond donors (Lipinski definition) is 1. The lowest BCUT2D eigenvalue weighted by molar-refractivity contribution is 0.255. The van der Waals surface area contributed by atoms with Crippen molar-refractivity contribution >= 4 is 11.3 Å². The summed E-state index contributed by atoms with van der Waals surface area (Å²) >= 11 is 1.88. The van der Waals surface area contributed by atoms with Crippen LogP contribution in [0.2, 0.25) is 0 Å². The summed E-state index contributed by atoms with van der Waals surface area (Å²) in [6.07, 6.45) is 2.57. The molecule has 0 saturated carbocycles. The molecule has 1 aromatic heterocycles. The first-order valence-electron chi connectivity index (χ1n) is 6.17. The molecule has 0 radical (unpaired) electrons. The Labute approximate surface area is 101 Å². The van der Waals surface area contributed by atoms with Gasteiger partial charge in [-0.2, -0.15) is 0 Å². The predicted octanol–water partition coefficient (Wildman–Crippen LogP) is 1.64. The molecular formula is C12H19N3S. The molecule has 88 valence electrons. The van der Waals surface area contributed by atoms with E-state index < -0.39 is 0 Å². The Bertz CT molecular complexity index is 351. The Morgan fingerprint density at radius 1 is 1.31 bits per heavy atom. The van der Waals surface area contributed by atoms with Crippen molar-refractivity contribution in [3.05, 3.63) is 16.1 Å². The van der Waals surface area contributed by atoms with Crippen molar-refractivity contribution in [3.63, 3.8) is 0 Å². The lowest BCUT2D eigenvalue weighted by Gasteiger charge is -2.28. The minimum Gasteiger partial charge on any atom is -0.315 e. The third-order valence-electron chi connectivity index (χ3n) is 3.81. The SMILES string of the molecule is CN1CCC(c2nc(C3CNC3)cs2)CC1. The second-order valence-electron chi connectivity index (χ2n) is 5.04. The maximum absolute atomic E-state index is 4.84. The van der Waals surface area contributed by atoms with Crippen LogP contribution in [0.5, 0.6) is 0 Å². The first-order chi connectivity index (χ1) is 7.83. The summed E-state index contributed by atoms with van der Waals surface area (Å²) in [5, 5.41) is 6.97. The average molecular weight is 237 g/mol. The predicted molar refractivity (Wildman–Crippen MR) is 67.2 cm³/mol. The van der Waals surface area contributed by atoms with Gasteiger partial charge in [0.1, 0.15) is 0 Å². The number of hydrogen-bond acceptors (Lipinski definition) is 4. The highest BCUT2D eigenvalue weighted by Gasteiger charge is 2.25. The molecular weight excluding hydrogens is 218 g/mol. The zero-order chi connectivity index (χ0) is 11.0. The molecule has 1 aromatic rings. The summed E-state index contributed by atoms with van der Waals surface area (Å²) in [7, 11) is 2.21. The van der Waals surface area contributed by atoms with E-state index in [2.05, 4.69) is 22.6 Å². The number of piperidine rings is 1. The van der Waals surface area contributed by atoms with Crippen molar-refractivity contribution in [1.82, 2.24) is 15.2 Å². The largest absolute Gasteiger partial charge is 0.315 e. The van der Waals surface area contributed by atoms with Gasteiger partial charge in [-0.05, 0) is 33.0 Å². The molecule has 4 heteroatoms. The van der Waals surface area contributed by atoms with Gasteiger partial charge < -0.3 is 10.2 Å². The molecule has 3 heterocycles. The third-order valence-corrected chi connectivity index (χ3v) is 4.83. The quantitative estimate of drug-likeness (QED) is 0.847. The molecule has 0 unspecified atom stereocenters. The molecule has 16 heavy (non-hydrogen) atoms. The van der Waals surface area contributed by atoms with Gasteiger partial charge in [0.05, 0.1) is 10.7 Å². The van der Waals surface area contributed by atoms with Gasteiger partial charge >= 0.3 is 0 Å². The molecule has 1 N–H and O–H groups in total. The minimum atomic E-state index is 0.691. The monoisotopic (exact) mass is 237 g/mol. The van der Waals surface area contributed by atoms with E-state index in [1.807, 2.05) is 11.3 Å². The number of aromatic nitrogens is 1. The van der Waals surface area contributed by atoms with Gasteiger partial charge in [0.15, 0.2) is 0 Å². The summed E-state index contributed by atoms with van der Waals surface area (Å²) in [6, 6.07) is 0. The van der Waals surface area contributed by atoms with Crippen LogP contribution in [0.15, 0.2) is 5.38 Å². The summed E-state index contributed by atoms with van der Waals surface area (Å²) in [4.78, 5) is 7.26. The highest BCUT2D eigenvalue weighted by molar-refractivity contribution is 7.09. The fraction of sp³-hybridized carbons (Fsp3) is 0.750. The van der Waals surface area contributed by atoms with Gasteiger partial charge in [-0.15, -0.1) is 11.3 Å². The van der Waals surface area contributed by atoms with Crippen LogP contribution in [0, 0.1) is 0 Å². The van der Waals surface area contributed by atoms with E-state index in [9.17, 15) is 0 Å². The van der Waals surface area contributed by atoms with Crippen LogP contribution in [0.4, 0.5) is 0 Å². The minimum absolute atomic E-state index is 0.691. The van der Waals surface area contributed by atoms with Crippen molar-refractivity contribution in [2.75, 3.05) is 33.2 Å². The number of nitrogens with zero attached hydrogens (tertiary/aromatic N) is 2. The smallest absolute Gasteiger partial charge is 0.0960 e. The third kappa shape index (κ3) is 2.01. The van der Waals surface area contributed by atoms with E-state index in [0.717, 1.165) is 19.0 Å². The lowest BCUT2D eigenvalue weighted by atomic mass is 9.97. The van der Waals surface area contributed by atoms with Crippen molar-refractivity contribution in [2.24, 2.45) is 0 Å². The van der Waals surface area contributed by atoms with E-state index in [1.165, 1.54) is 36.6 Å². The highest BCUT2D eigenvalue weighted by Crippen LogP contribution is 2.32. The Morgan fingerprint density at radius 2 is 2.06 bits per heavy atom. The molecule has 0 aliphatic carbocycles. The lowest BCUT2D eigenvalue weighted by Crippen LogP contribution is -2.40. The molecule has 3 nitrogen and oxygen atoms in total. The van der Waals surface area contributed by atoms with Gasteiger partial charge in [0.25, 0.3) is 0 Å². The zero-order valence-corrected chi connectivity index (χ0v) is 10.6. The van der Waals surface area contributed by atoms with Gasteiger partial charge in [0, 0.05) is 30.3 Å². The first-order valence-corrected chi connectivity index (χ1v) is 7.05. The molecule has 0 aromatic carbocycles. The number of thiazole rings is 1. The molecule has 2 aliphatic rings. The highest BCUT2D eigenvalue weighted by atomic mass is 32.1. The maximum atomic E-state index is 4.84. The van der Waals surface area contributed by atoms with Crippen molar-refractivity contribution in [2.45, 2.75) is 24.7 Å². The number of nitrogens with one attached hydrogen (secondary N) is 1. The van der Waals surface area contributed by atoms with Crippen molar-refractivity contribution in [3.8, 4) is 0 Å². The van der Waals surface area contributed by atoms with E-state index >= 15 is 0 Å². The van der Waals surface area contributed by atoms with Gasteiger partial charge in [-0.1, -0.05) is 0 Å². The molecule has 0 bridgehead atoms. The van der Waals surface area contributed by atoms with Crippen LogP contribution in [0.1, 0.15) is 35.4 Å². The van der Waals surface area contributed by atoms with Crippen LogP contribution in [-0.2, 0) is 0 Å². The molecule has 2 aliphatic heterocycles. The summed E-state index contributed by atoms with van der Waals surface area (Å²) in [6.45, 7) is 4.70. The molecule has 2 fully saturated rings. The van der Waals surface area contributed by atoms with Crippen LogP contribution in [0.3, 0.4) is 0 Å². The summed E-state index contributed by atoms with van der Waals surface area (Å²) < 4.78 is 0. The standard InChI is InChI=1S/C12H19N3S/c1-15-4-2-9(3-5-15)12-14-11(8-16-12)10-6-13-7-10/h8-10,13H,2-7H2,1H3. The van der Waals surface area contributed by atoms with Crippen LogP contribution in [0.25, 0.3) is 0 Å². The Kier molecular flexibility index (Phi) is 2.96. The topological polar surface area (TPSA) is 28.2 Å². The van der Waals surface area contributed by atoms with E-state index in [1.54, 1.807) is 0 Å². The fourth-order valence-corrected chi connectivity index (χ4v) is 3.50. The number of likely N-dealkylation sites (tertiary alicyclic amines) is 1. The Balaban J connectivity index is 1.67. The van der Waals surface area contributed by atoms with Crippen molar-refractivity contribution in [1.29, 1.82) is 0 Å². The van der Waals surface area contributed by atoms with Gasteiger partial charge in [-0.25, -0.2) is 4.98 Å². The second-order valence-corrected chi connectivity index (χ2v) is 5.93. The Morgan fingerprint density at radius 3 is 2.69 bits per heavy atom. The molecule has 0 spiro atoms. The van der Waals surface area contributed by atoms with Gasteiger partial charge in [-0.3, -0.25) is 0 Å². The molecule has 2 saturated heterocycles. The fourth-order valence-electron chi connectivity index (χ4n) is 2.43. The molecule has 3 rings (SSSR count). The van der Waals surface area contributed by atoms with E-state index in [-0.39, 0.29) is 0 Å². The Hall–Kier alpha value is -0.450. The maximum Gasteiger partial charge on any atom is 0.0960 e. The van der Waals surface area contributed by atoms with Crippen LogP contribution < -0.4 is 5.32 Å². The van der Waals surface area contributed by atoms with E-state index in [0.29, 0.717) is 5.92 Å². The summed E-state index contributed by atoms with van der Waals surface area (Å²) in [5.41, 5.74) is 1.33. The second kappa shape index (κ2) is 4.43. The number of rotatable bonds is 2. The molecule has 0 atom stereocenters. The van der Waals surface area contributed by atoms with Crippen LogP contribution in [-0.4, -0.2) is 43.1 Å². The van der Waals surface area contributed by atoms with Crippen molar-refractivity contribution < 1.29 is 0 Å². The van der Waals surface area contributed by atoms with Gasteiger partial charge in [0.2, 0.25) is 0 Å².